The molecule has 0 aromatic heterocycles. The first-order valence-electron chi connectivity index (χ1n) is 6.76. The van der Waals surface area contributed by atoms with Crippen molar-refractivity contribution in [3.05, 3.63) is 29.3 Å². The van der Waals surface area contributed by atoms with Gasteiger partial charge in [0.15, 0.2) is 0 Å². The Morgan fingerprint density at radius 1 is 1.33 bits per heavy atom. The molecule has 2 rings (SSSR count). The molecule has 1 aromatic rings. The highest BCUT2D eigenvalue weighted by atomic mass is 16.5. The minimum absolute atomic E-state index is 0.256. The lowest BCUT2D eigenvalue weighted by Gasteiger charge is -2.21. The molecular weight excluding hydrogens is 226 g/mol. The van der Waals surface area contributed by atoms with Gasteiger partial charge in [-0.3, -0.25) is 0 Å². The van der Waals surface area contributed by atoms with Crippen LogP contribution in [0.2, 0.25) is 0 Å². The van der Waals surface area contributed by atoms with Gasteiger partial charge in [0.25, 0.3) is 0 Å². The number of fused-ring (bicyclic) bond motifs is 1. The fourth-order valence-electron chi connectivity index (χ4n) is 2.58. The molecule has 0 bridgehead atoms. The third-order valence-corrected chi connectivity index (χ3v) is 3.44. The maximum absolute atomic E-state index is 9.38. The molecule has 0 saturated carbocycles. The number of hydrogen-bond acceptors (Lipinski definition) is 3. The predicted molar refractivity (Wildman–Crippen MR) is 73.0 cm³/mol. The molecule has 1 heterocycles. The van der Waals surface area contributed by atoms with Crippen LogP contribution in [0.15, 0.2) is 18.2 Å². The number of aliphatic hydroxyl groups is 1. The summed E-state index contributed by atoms with van der Waals surface area (Å²) in [5.74, 6) is 1.03. The van der Waals surface area contributed by atoms with Crippen LogP contribution in [0, 0.1) is 0 Å². The fourth-order valence-corrected chi connectivity index (χ4v) is 2.58. The standard InChI is InChI=1S/C15H23NO2/c1-10(8-11(2)17)16-12(3)13-4-5-15-14(9-13)6-7-18-15/h4-5,9-12,16-17H,6-8H2,1-3H3. The van der Waals surface area contributed by atoms with Crippen molar-refractivity contribution in [2.75, 3.05) is 6.61 Å². The number of rotatable bonds is 5. The van der Waals surface area contributed by atoms with Crippen LogP contribution in [0.4, 0.5) is 0 Å². The molecule has 0 fully saturated rings. The quantitative estimate of drug-likeness (QED) is 0.842. The molecule has 3 atom stereocenters. The van der Waals surface area contributed by atoms with Crippen LogP contribution in [-0.2, 0) is 6.42 Å². The van der Waals surface area contributed by atoms with Crippen LogP contribution in [-0.4, -0.2) is 23.9 Å². The predicted octanol–water partition coefficient (Wildman–Crippen LogP) is 2.43. The summed E-state index contributed by atoms with van der Waals surface area (Å²) in [5, 5.41) is 12.9. The Kier molecular flexibility index (Phi) is 4.25. The van der Waals surface area contributed by atoms with Crippen molar-refractivity contribution in [2.24, 2.45) is 0 Å². The zero-order valence-corrected chi connectivity index (χ0v) is 11.4. The van der Waals surface area contributed by atoms with Crippen molar-refractivity contribution in [1.29, 1.82) is 0 Å². The highest BCUT2D eigenvalue weighted by Crippen LogP contribution is 2.28. The van der Waals surface area contributed by atoms with E-state index in [0.29, 0.717) is 12.1 Å². The topological polar surface area (TPSA) is 41.5 Å². The van der Waals surface area contributed by atoms with Crippen LogP contribution in [0.25, 0.3) is 0 Å². The zero-order valence-electron chi connectivity index (χ0n) is 11.4. The highest BCUT2D eigenvalue weighted by Gasteiger charge is 2.16. The van der Waals surface area contributed by atoms with Crippen molar-refractivity contribution >= 4 is 0 Å². The maximum Gasteiger partial charge on any atom is 0.122 e. The Morgan fingerprint density at radius 3 is 2.83 bits per heavy atom. The van der Waals surface area contributed by atoms with Crippen LogP contribution < -0.4 is 10.1 Å². The van der Waals surface area contributed by atoms with E-state index < -0.39 is 0 Å². The molecule has 1 aliphatic heterocycles. The van der Waals surface area contributed by atoms with Gasteiger partial charge < -0.3 is 15.2 Å². The van der Waals surface area contributed by atoms with E-state index in [1.165, 1.54) is 11.1 Å². The summed E-state index contributed by atoms with van der Waals surface area (Å²) in [7, 11) is 0. The highest BCUT2D eigenvalue weighted by molar-refractivity contribution is 5.40. The van der Waals surface area contributed by atoms with E-state index >= 15 is 0 Å². The molecule has 0 saturated heterocycles. The van der Waals surface area contributed by atoms with Crippen LogP contribution >= 0.6 is 0 Å². The molecule has 1 aromatic carbocycles. The SMILES string of the molecule is CC(O)CC(C)NC(C)c1ccc2c(c1)CCO2. The van der Waals surface area contributed by atoms with E-state index in [1.54, 1.807) is 0 Å². The lowest BCUT2D eigenvalue weighted by atomic mass is 10.0. The molecule has 0 aliphatic carbocycles. The van der Waals surface area contributed by atoms with E-state index in [4.69, 9.17) is 4.74 Å². The Bertz CT molecular complexity index is 403. The summed E-state index contributed by atoms with van der Waals surface area (Å²) in [6.45, 7) is 6.91. The monoisotopic (exact) mass is 249 g/mol. The summed E-state index contributed by atoms with van der Waals surface area (Å²) in [6, 6.07) is 7.02. The molecule has 100 valence electrons. The molecule has 2 N–H and O–H groups in total. The van der Waals surface area contributed by atoms with E-state index in [9.17, 15) is 5.11 Å². The Labute approximate surface area is 109 Å². The second-order valence-corrected chi connectivity index (χ2v) is 5.34. The first-order chi connectivity index (χ1) is 8.56. The van der Waals surface area contributed by atoms with Gasteiger partial charge in [0.2, 0.25) is 0 Å². The molecule has 3 unspecified atom stereocenters. The number of benzene rings is 1. The van der Waals surface area contributed by atoms with Crippen molar-refractivity contribution in [3.8, 4) is 5.75 Å². The first-order valence-corrected chi connectivity index (χ1v) is 6.76. The number of hydrogen-bond donors (Lipinski definition) is 2. The Hall–Kier alpha value is -1.06. The van der Waals surface area contributed by atoms with E-state index in [1.807, 2.05) is 6.92 Å². The molecule has 1 aliphatic rings. The zero-order chi connectivity index (χ0) is 13.1. The van der Waals surface area contributed by atoms with Crippen molar-refractivity contribution in [3.63, 3.8) is 0 Å². The number of nitrogens with one attached hydrogen (secondary N) is 1. The number of aliphatic hydroxyl groups excluding tert-OH is 1. The van der Waals surface area contributed by atoms with Gasteiger partial charge in [0.05, 0.1) is 12.7 Å². The van der Waals surface area contributed by atoms with Gasteiger partial charge in [-0.15, -0.1) is 0 Å². The third-order valence-electron chi connectivity index (χ3n) is 3.44. The maximum atomic E-state index is 9.38. The van der Waals surface area contributed by atoms with Crippen molar-refractivity contribution < 1.29 is 9.84 Å². The van der Waals surface area contributed by atoms with Crippen LogP contribution in [0.3, 0.4) is 0 Å². The second kappa shape index (κ2) is 5.72. The van der Waals surface area contributed by atoms with Crippen LogP contribution in [0.5, 0.6) is 5.75 Å². The van der Waals surface area contributed by atoms with Crippen molar-refractivity contribution in [1.82, 2.24) is 5.32 Å². The summed E-state index contributed by atoms with van der Waals surface area (Å²) in [6.07, 6.45) is 1.53. The van der Waals surface area contributed by atoms with Gasteiger partial charge in [0, 0.05) is 18.5 Å². The normalized spacial score (nSPS) is 18.9. The van der Waals surface area contributed by atoms with Gasteiger partial charge in [-0.05, 0) is 44.4 Å². The minimum Gasteiger partial charge on any atom is -0.493 e. The van der Waals surface area contributed by atoms with Crippen LogP contribution in [0.1, 0.15) is 44.4 Å². The molecule has 0 amide bonds. The summed E-state index contributed by atoms with van der Waals surface area (Å²) in [5.41, 5.74) is 2.60. The van der Waals surface area contributed by atoms with E-state index in [2.05, 4.69) is 37.4 Å². The average molecular weight is 249 g/mol. The molecule has 3 heteroatoms. The van der Waals surface area contributed by atoms with Crippen molar-refractivity contribution in [2.45, 2.75) is 51.8 Å². The summed E-state index contributed by atoms with van der Waals surface area (Å²) in [4.78, 5) is 0. The van der Waals surface area contributed by atoms with Gasteiger partial charge in [-0.2, -0.15) is 0 Å². The van der Waals surface area contributed by atoms with E-state index in [-0.39, 0.29) is 6.10 Å². The number of ether oxygens (including phenoxy) is 1. The van der Waals surface area contributed by atoms with E-state index in [0.717, 1.165) is 25.2 Å². The lowest BCUT2D eigenvalue weighted by Crippen LogP contribution is -2.31. The average Bonchev–Trinajstić information content (AvgIpc) is 2.74. The molecular formula is C15H23NO2. The Balaban J connectivity index is 1.98. The third kappa shape index (κ3) is 3.24. The van der Waals surface area contributed by atoms with Gasteiger partial charge in [-0.25, -0.2) is 0 Å². The summed E-state index contributed by atoms with van der Waals surface area (Å²) >= 11 is 0. The van der Waals surface area contributed by atoms with Gasteiger partial charge in [0.1, 0.15) is 5.75 Å². The smallest absolute Gasteiger partial charge is 0.122 e. The molecule has 0 radical (unpaired) electrons. The molecule has 0 spiro atoms. The van der Waals surface area contributed by atoms with Gasteiger partial charge in [-0.1, -0.05) is 12.1 Å². The minimum atomic E-state index is -0.256. The largest absolute Gasteiger partial charge is 0.493 e. The second-order valence-electron chi connectivity index (χ2n) is 5.34. The fraction of sp³-hybridized carbons (Fsp3) is 0.600. The lowest BCUT2D eigenvalue weighted by molar-refractivity contribution is 0.168. The summed E-state index contributed by atoms with van der Waals surface area (Å²) < 4.78 is 5.51. The Morgan fingerprint density at radius 2 is 2.11 bits per heavy atom. The molecule has 3 nitrogen and oxygen atoms in total. The first kappa shape index (κ1) is 13.4. The van der Waals surface area contributed by atoms with Gasteiger partial charge >= 0.3 is 0 Å². The molecule has 18 heavy (non-hydrogen) atoms.